The molecule has 29 heavy (non-hydrogen) atoms. The Kier molecular flexibility index (Phi) is 6.82. The predicted octanol–water partition coefficient (Wildman–Crippen LogP) is 5.11. The number of rotatable bonds is 6. The number of hydrogen-bond donors (Lipinski definition) is 0. The predicted molar refractivity (Wildman–Crippen MR) is 122 cm³/mol. The van der Waals surface area contributed by atoms with Crippen molar-refractivity contribution in [3.05, 3.63) is 62.7 Å². The van der Waals surface area contributed by atoms with E-state index in [4.69, 9.17) is 33.3 Å². The fraction of sp³-hybridized carbons (Fsp3) is 0.238. The van der Waals surface area contributed by atoms with E-state index < -0.39 is 0 Å². The summed E-state index contributed by atoms with van der Waals surface area (Å²) >= 11 is 15.1. The molecule has 0 spiro atoms. The number of hydrogen-bond acceptors (Lipinski definition) is 4. The summed E-state index contributed by atoms with van der Waals surface area (Å²) in [7, 11) is 3.36. The molecule has 0 saturated carbocycles. The summed E-state index contributed by atoms with van der Waals surface area (Å²) in [6.45, 7) is 2.73. The fourth-order valence-electron chi connectivity index (χ4n) is 2.98. The maximum atomic E-state index is 12.6. The van der Waals surface area contributed by atoms with Gasteiger partial charge in [-0.3, -0.25) is 9.69 Å². The lowest BCUT2D eigenvalue weighted by Gasteiger charge is -2.15. The zero-order chi connectivity index (χ0) is 21.1. The molecule has 2 aromatic carbocycles. The molecule has 1 saturated heterocycles. The first-order chi connectivity index (χ1) is 13.9. The number of ether oxygens (including phenoxy) is 2. The van der Waals surface area contributed by atoms with Gasteiger partial charge in [-0.2, -0.15) is 0 Å². The van der Waals surface area contributed by atoms with Gasteiger partial charge in [0.15, 0.2) is 16.6 Å². The van der Waals surface area contributed by atoms with E-state index in [0.29, 0.717) is 45.0 Å². The summed E-state index contributed by atoms with van der Waals surface area (Å²) in [6.07, 6.45) is 1.79. The first kappa shape index (κ1) is 21.6. The van der Waals surface area contributed by atoms with Gasteiger partial charge in [0, 0.05) is 24.2 Å². The Bertz CT molecular complexity index is 996. The molecular formula is C21H20BrClN2O3S. The average Bonchev–Trinajstić information content (AvgIpc) is 2.90. The smallest absolute Gasteiger partial charge is 0.276 e. The van der Waals surface area contributed by atoms with Crippen molar-refractivity contribution in [2.24, 2.45) is 0 Å². The molecule has 1 heterocycles. The highest BCUT2D eigenvalue weighted by Crippen LogP contribution is 2.38. The second-order valence-corrected chi connectivity index (χ2v) is 7.96. The third-order valence-electron chi connectivity index (χ3n) is 4.54. The van der Waals surface area contributed by atoms with Crippen LogP contribution in [-0.2, 0) is 11.4 Å². The van der Waals surface area contributed by atoms with Crippen LogP contribution in [0.4, 0.5) is 0 Å². The first-order valence-electron chi connectivity index (χ1n) is 8.92. The minimum Gasteiger partial charge on any atom is -0.493 e. The fourth-order valence-corrected chi connectivity index (χ4v) is 4.05. The molecule has 1 amide bonds. The van der Waals surface area contributed by atoms with E-state index >= 15 is 0 Å². The highest BCUT2D eigenvalue weighted by Gasteiger charge is 2.34. The number of carbonyl (C=O) groups excluding carboxylic acids is 1. The van der Waals surface area contributed by atoms with Gasteiger partial charge in [-0.25, -0.2) is 0 Å². The molecule has 8 heteroatoms. The molecule has 5 nitrogen and oxygen atoms in total. The van der Waals surface area contributed by atoms with E-state index in [1.54, 1.807) is 30.0 Å². The summed E-state index contributed by atoms with van der Waals surface area (Å²) in [5.41, 5.74) is 2.17. The van der Waals surface area contributed by atoms with Crippen LogP contribution in [0.5, 0.6) is 11.5 Å². The molecule has 0 aliphatic carbocycles. The number of carbonyl (C=O) groups is 1. The molecule has 2 aromatic rings. The number of nitrogens with zero attached hydrogens (tertiary/aromatic N) is 2. The lowest BCUT2D eigenvalue weighted by Crippen LogP contribution is -2.30. The number of methoxy groups -OCH3 is 1. The molecule has 0 N–H and O–H groups in total. The Balaban J connectivity index is 1.90. The van der Waals surface area contributed by atoms with Crippen LogP contribution >= 0.6 is 39.7 Å². The largest absolute Gasteiger partial charge is 0.493 e. The summed E-state index contributed by atoms with van der Waals surface area (Å²) < 4.78 is 12.2. The Labute approximate surface area is 189 Å². The van der Waals surface area contributed by atoms with Crippen molar-refractivity contribution in [2.45, 2.75) is 13.5 Å². The third-order valence-corrected chi connectivity index (χ3v) is 6.00. The van der Waals surface area contributed by atoms with Crippen molar-refractivity contribution in [1.82, 2.24) is 9.80 Å². The van der Waals surface area contributed by atoms with Gasteiger partial charge in [-0.15, -0.1) is 0 Å². The van der Waals surface area contributed by atoms with Gasteiger partial charge in [0.2, 0.25) is 0 Å². The van der Waals surface area contributed by atoms with Gasteiger partial charge >= 0.3 is 0 Å². The maximum absolute atomic E-state index is 12.6. The Hall–Kier alpha value is -2.09. The molecule has 0 bridgehead atoms. The topological polar surface area (TPSA) is 42.0 Å². The molecule has 0 atom stereocenters. The zero-order valence-electron chi connectivity index (χ0n) is 16.2. The van der Waals surface area contributed by atoms with Gasteiger partial charge in [0.25, 0.3) is 5.91 Å². The number of thiocarbonyl (C=S) groups is 1. The van der Waals surface area contributed by atoms with Gasteiger partial charge in [0.05, 0.1) is 11.6 Å². The van der Waals surface area contributed by atoms with Crippen LogP contribution in [0.2, 0.25) is 5.02 Å². The molecule has 1 aliphatic heterocycles. The van der Waals surface area contributed by atoms with E-state index in [0.717, 1.165) is 11.1 Å². The van der Waals surface area contributed by atoms with Crippen LogP contribution in [0.3, 0.4) is 0 Å². The minimum absolute atomic E-state index is 0.117. The van der Waals surface area contributed by atoms with Crippen LogP contribution in [0.15, 0.2) is 46.6 Å². The third kappa shape index (κ3) is 4.42. The molecule has 1 fully saturated rings. The molecule has 152 valence electrons. The van der Waals surface area contributed by atoms with E-state index in [1.807, 2.05) is 43.3 Å². The van der Waals surface area contributed by atoms with Gasteiger partial charge in [-0.1, -0.05) is 29.8 Å². The van der Waals surface area contributed by atoms with Crippen LogP contribution in [0, 0.1) is 0 Å². The summed E-state index contributed by atoms with van der Waals surface area (Å²) in [5.74, 6) is 0.988. The zero-order valence-corrected chi connectivity index (χ0v) is 19.4. The van der Waals surface area contributed by atoms with Gasteiger partial charge in [0.1, 0.15) is 12.3 Å². The van der Waals surface area contributed by atoms with Crippen molar-refractivity contribution in [3.8, 4) is 11.5 Å². The second kappa shape index (κ2) is 9.15. The number of likely N-dealkylation sites (N-methyl/N-ethyl adjacent to an activating group) is 2. The van der Waals surface area contributed by atoms with Crippen LogP contribution in [-0.4, -0.2) is 41.5 Å². The second-order valence-electron chi connectivity index (χ2n) is 6.33. The van der Waals surface area contributed by atoms with Crippen LogP contribution in [0.25, 0.3) is 6.08 Å². The Morgan fingerprint density at radius 3 is 2.62 bits per heavy atom. The summed E-state index contributed by atoms with van der Waals surface area (Å²) in [6, 6.07) is 11.2. The lowest BCUT2D eigenvalue weighted by molar-refractivity contribution is -0.122. The molecule has 0 unspecified atom stereocenters. The van der Waals surface area contributed by atoms with E-state index in [9.17, 15) is 4.79 Å². The highest BCUT2D eigenvalue weighted by molar-refractivity contribution is 9.10. The molecule has 0 aromatic heterocycles. The number of benzene rings is 2. The van der Waals surface area contributed by atoms with Crippen molar-refractivity contribution in [3.63, 3.8) is 0 Å². The van der Waals surface area contributed by atoms with Crippen molar-refractivity contribution in [2.75, 3.05) is 20.7 Å². The van der Waals surface area contributed by atoms with Crippen LogP contribution < -0.4 is 9.47 Å². The summed E-state index contributed by atoms with van der Waals surface area (Å²) in [5, 5.41) is 1.14. The van der Waals surface area contributed by atoms with Crippen LogP contribution in [0.1, 0.15) is 18.1 Å². The van der Waals surface area contributed by atoms with Crippen molar-refractivity contribution < 1.29 is 14.3 Å². The highest BCUT2D eigenvalue weighted by atomic mass is 79.9. The first-order valence-corrected chi connectivity index (χ1v) is 10.5. The monoisotopic (exact) mass is 494 g/mol. The Morgan fingerprint density at radius 2 is 2.00 bits per heavy atom. The SMILES string of the molecule is CCN1C(=O)/C(=C/c2cc(Br)c(OCc3ccccc3Cl)c(OC)c2)N(C)C1=S. The average molecular weight is 496 g/mol. The van der Waals surface area contributed by atoms with E-state index in [-0.39, 0.29) is 5.91 Å². The minimum atomic E-state index is -0.117. The number of halogens is 2. The number of amides is 1. The quantitative estimate of drug-likeness (QED) is 0.411. The van der Waals surface area contributed by atoms with Gasteiger partial charge < -0.3 is 14.4 Å². The lowest BCUT2D eigenvalue weighted by atomic mass is 10.1. The standard InChI is InChI=1S/C21H20BrClN2O3S/c1-4-25-20(26)17(24(2)21(25)29)10-13-9-15(22)19(18(11-13)27-3)28-12-14-7-5-6-8-16(14)23/h5-11H,4,12H2,1-3H3/b17-10-. The van der Waals surface area contributed by atoms with Crippen molar-refractivity contribution in [1.29, 1.82) is 0 Å². The molecular weight excluding hydrogens is 476 g/mol. The molecule has 1 aliphatic rings. The molecule has 0 radical (unpaired) electrons. The normalized spacial score (nSPS) is 15.4. The van der Waals surface area contributed by atoms with Gasteiger partial charge in [-0.05, 0) is 64.9 Å². The molecule has 3 rings (SSSR count). The summed E-state index contributed by atoms with van der Waals surface area (Å²) in [4.78, 5) is 15.9. The van der Waals surface area contributed by atoms with E-state index in [2.05, 4.69) is 15.9 Å². The van der Waals surface area contributed by atoms with Crippen molar-refractivity contribution >= 4 is 56.8 Å². The maximum Gasteiger partial charge on any atom is 0.276 e. The Morgan fingerprint density at radius 1 is 1.28 bits per heavy atom. The van der Waals surface area contributed by atoms with E-state index in [1.165, 1.54) is 0 Å².